The van der Waals surface area contributed by atoms with Gasteiger partial charge in [-0.2, -0.15) is 0 Å². The van der Waals surface area contributed by atoms with E-state index in [2.05, 4.69) is 36.5 Å². The second-order valence-electron chi connectivity index (χ2n) is 4.96. The minimum Gasteiger partial charge on any atom is -0.312 e. The third kappa shape index (κ3) is 4.42. The molecule has 0 aliphatic rings. The smallest absolute Gasteiger partial charge is 0.263 e. The van der Waals surface area contributed by atoms with Gasteiger partial charge in [0.2, 0.25) is 0 Å². The molecule has 1 nitrogen and oxygen atoms in total. The topological polar surface area (TPSA) is 12.0 Å². The molecule has 0 amide bonds. The maximum Gasteiger partial charge on any atom is 0.263 e. The normalized spacial score (nSPS) is 11.0. The summed E-state index contributed by atoms with van der Waals surface area (Å²) in [6.07, 6.45) is -1.42. The molecule has 0 aromatic heterocycles. The average molecular weight is 275 g/mol. The van der Waals surface area contributed by atoms with Crippen LogP contribution in [0.25, 0.3) is 0 Å². The second kappa shape index (κ2) is 7.15. The van der Waals surface area contributed by atoms with Crippen LogP contribution in [0.2, 0.25) is 0 Å². The van der Waals surface area contributed by atoms with E-state index >= 15 is 0 Å². The molecular weight excluding hydrogens is 256 g/mol. The van der Waals surface area contributed by atoms with Crippen molar-refractivity contribution in [1.82, 2.24) is 5.32 Å². The van der Waals surface area contributed by atoms with E-state index in [1.807, 2.05) is 0 Å². The summed E-state index contributed by atoms with van der Waals surface area (Å²) in [5, 5.41) is 3.33. The Morgan fingerprint density at radius 1 is 1.00 bits per heavy atom. The lowest BCUT2D eigenvalue weighted by Gasteiger charge is -2.07. The number of hydrogen-bond donors (Lipinski definition) is 1. The minimum atomic E-state index is -2.39. The van der Waals surface area contributed by atoms with Gasteiger partial charge in [0.1, 0.15) is 0 Å². The predicted octanol–water partition coefficient (Wildman–Crippen LogP) is 4.26. The molecule has 0 bridgehead atoms. The number of rotatable bonds is 6. The quantitative estimate of drug-likeness (QED) is 0.776. The molecule has 3 heteroatoms. The average Bonchev–Trinajstić information content (AvgIpc) is 2.44. The van der Waals surface area contributed by atoms with Gasteiger partial charge in [0.05, 0.1) is 0 Å². The highest BCUT2D eigenvalue weighted by atomic mass is 19.3. The second-order valence-corrected chi connectivity index (χ2v) is 4.96. The van der Waals surface area contributed by atoms with Crippen LogP contribution in [0.3, 0.4) is 0 Å². The summed E-state index contributed by atoms with van der Waals surface area (Å²) in [5.74, 6) is 0. The fraction of sp³-hybridized carbons (Fsp3) is 0.294. The molecule has 0 spiro atoms. The summed E-state index contributed by atoms with van der Waals surface area (Å²) in [4.78, 5) is 0. The summed E-state index contributed by atoms with van der Waals surface area (Å²) >= 11 is 0. The maximum absolute atomic E-state index is 12.4. The van der Waals surface area contributed by atoms with Crippen LogP contribution in [0.4, 0.5) is 8.78 Å². The Hall–Kier alpha value is -1.74. The lowest BCUT2D eigenvalue weighted by atomic mass is 10.1. The van der Waals surface area contributed by atoms with Gasteiger partial charge in [-0.05, 0) is 31.0 Å². The molecule has 0 radical (unpaired) electrons. The Morgan fingerprint density at radius 2 is 1.75 bits per heavy atom. The molecule has 1 N–H and O–H groups in total. The Balaban J connectivity index is 1.75. The Morgan fingerprint density at radius 3 is 2.40 bits per heavy atom. The van der Waals surface area contributed by atoms with Crippen molar-refractivity contribution in [2.75, 3.05) is 6.54 Å². The van der Waals surface area contributed by atoms with Gasteiger partial charge in [0.15, 0.2) is 0 Å². The molecule has 2 rings (SSSR count). The molecule has 0 unspecified atom stereocenters. The molecule has 0 aliphatic carbocycles. The van der Waals surface area contributed by atoms with Crippen LogP contribution in [0.15, 0.2) is 48.5 Å². The number of nitrogens with one attached hydrogen (secondary N) is 1. The molecule has 0 aliphatic heterocycles. The van der Waals surface area contributed by atoms with Gasteiger partial charge in [-0.15, -0.1) is 0 Å². The van der Waals surface area contributed by atoms with Crippen molar-refractivity contribution in [3.63, 3.8) is 0 Å². The van der Waals surface area contributed by atoms with Crippen LogP contribution < -0.4 is 5.32 Å². The van der Waals surface area contributed by atoms with Crippen LogP contribution in [-0.4, -0.2) is 6.54 Å². The zero-order valence-corrected chi connectivity index (χ0v) is 11.6. The minimum absolute atomic E-state index is 0.0773. The van der Waals surface area contributed by atoms with Crippen LogP contribution in [-0.2, 0) is 13.0 Å². The summed E-state index contributed by atoms with van der Waals surface area (Å²) in [5.41, 5.74) is 3.68. The Kier molecular flexibility index (Phi) is 5.24. The van der Waals surface area contributed by atoms with Crippen molar-refractivity contribution in [1.29, 1.82) is 0 Å². The third-order valence-corrected chi connectivity index (χ3v) is 3.23. The van der Waals surface area contributed by atoms with Crippen molar-refractivity contribution >= 4 is 0 Å². The summed E-state index contributed by atoms with van der Waals surface area (Å²) in [7, 11) is 0. The van der Waals surface area contributed by atoms with Gasteiger partial charge < -0.3 is 5.32 Å². The van der Waals surface area contributed by atoms with Crippen molar-refractivity contribution < 1.29 is 8.78 Å². The zero-order valence-electron chi connectivity index (χ0n) is 11.6. The lowest BCUT2D eigenvalue weighted by Crippen LogP contribution is -2.16. The monoisotopic (exact) mass is 275 g/mol. The van der Waals surface area contributed by atoms with Crippen molar-refractivity contribution in [2.24, 2.45) is 0 Å². The third-order valence-electron chi connectivity index (χ3n) is 3.23. The first-order valence-corrected chi connectivity index (χ1v) is 6.78. The largest absolute Gasteiger partial charge is 0.312 e. The highest BCUT2D eigenvalue weighted by molar-refractivity contribution is 5.24. The highest BCUT2D eigenvalue weighted by Crippen LogP contribution is 2.18. The highest BCUT2D eigenvalue weighted by Gasteiger charge is 2.05. The molecular formula is C17H19F2N. The van der Waals surface area contributed by atoms with Gasteiger partial charge in [-0.3, -0.25) is 0 Å². The molecule has 20 heavy (non-hydrogen) atoms. The summed E-state index contributed by atoms with van der Waals surface area (Å²) < 4.78 is 24.8. The standard InChI is InChI=1S/C17H19F2N/c1-13-3-2-4-14(11-13)9-10-20-12-15-5-7-16(8-6-15)17(18)19/h2-8,11,17,20H,9-10,12H2,1H3. The first-order valence-electron chi connectivity index (χ1n) is 6.78. The molecule has 0 fully saturated rings. The molecule has 106 valence electrons. The zero-order chi connectivity index (χ0) is 14.4. The number of hydrogen-bond acceptors (Lipinski definition) is 1. The van der Waals surface area contributed by atoms with E-state index in [9.17, 15) is 8.78 Å². The van der Waals surface area contributed by atoms with Crippen molar-refractivity contribution in [3.05, 3.63) is 70.8 Å². The number of halogens is 2. The fourth-order valence-electron chi connectivity index (χ4n) is 2.11. The van der Waals surface area contributed by atoms with Crippen LogP contribution >= 0.6 is 0 Å². The molecule has 2 aromatic rings. The van der Waals surface area contributed by atoms with Gasteiger partial charge in [0, 0.05) is 12.1 Å². The fourth-order valence-corrected chi connectivity index (χ4v) is 2.11. The Bertz CT molecular complexity index is 535. The van der Waals surface area contributed by atoms with E-state index in [0.29, 0.717) is 6.54 Å². The number of aryl methyl sites for hydroxylation is 1. The Labute approximate surface area is 118 Å². The first-order chi connectivity index (χ1) is 9.65. The van der Waals surface area contributed by atoms with Gasteiger partial charge in [-0.25, -0.2) is 8.78 Å². The SMILES string of the molecule is Cc1cccc(CCNCc2ccc(C(F)F)cc2)c1. The van der Waals surface area contributed by atoms with Crippen LogP contribution in [0, 0.1) is 6.92 Å². The number of benzene rings is 2. The molecule has 0 heterocycles. The van der Waals surface area contributed by atoms with E-state index in [-0.39, 0.29) is 5.56 Å². The van der Waals surface area contributed by atoms with E-state index < -0.39 is 6.43 Å². The molecule has 2 aromatic carbocycles. The molecule has 0 atom stereocenters. The van der Waals surface area contributed by atoms with Gasteiger partial charge in [-0.1, -0.05) is 54.1 Å². The van der Waals surface area contributed by atoms with Crippen molar-refractivity contribution in [2.45, 2.75) is 26.3 Å². The van der Waals surface area contributed by atoms with E-state index in [0.717, 1.165) is 18.5 Å². The first kappa shape index (κ1) is 14.7. The lowest BCUT2D eigenvalue weighted by molar-refractivity contribution is 0.151. The molecule has 0 saturated heterocycles. The number of alkyl halides is 2. The maximum atomic E-state index is 12.4. The summed E-state index contributed by atoms with van der Waals surface area (Å²) in [6.45, 7) is 3.66. The van der Waals surface area contributed by atoms with Crippen molar-refractivity contribution in [3.8, 4) is 0 Å². The van der Waals surface area contributed by atoms with Crippen LogP contribution in [0.5, 0.6) is 0 Å². The van der Waals surface area contributed by atoms with Gasteiger partial charge >= 0.3 is 0 Å². The summed E-state index contributed by atoms with van der Waals surface area (Å²) in [6, 6.07) is 14.9. The van der Waals surface area contributed by atoms with Crippen LogP contribution in [0.1, 0.15) is 28.7 Å². The van der Waals surface area contributed by atoms with E-state index in [1.54, 1.807) is 12.1 Å². The van der Waals surface area contributed by atoms with E-state index in [4.69, 9.17) is 0 Å². The predicted molar refractivity (Wildman–Crippen MR) is 78.0 cm³/mol. The molecule has 0 saturated carbocycles. The van der Waals surface area contributed by atoms with Gasteiger partial charge in [0.25, 0.3) is 6.43 Å². The van der Waals surface area contributed by atoms with E-state index in [1.165, 1.54) is 23.3 Å².